The number of rotatable bonds is 3. The maximum atomic E-state index is 13.3. The molecule has 3 fully saturated rings. The van der Waals surface area contributed by atoms with E-state index in [0.29, 0.717) is 0 Å². The minimum Gasteiger partial charge on any atom is -0.505 e. The average molecular weight is 358 g/mol. The van der Waals surface area contributed by atoms with Crippen molar-refractivity contribution < 1.29 is 22.3 Å². The van der Waals surface area contributed by atoms with Crippen molar-refractivity contribution >= 4 is 33.2 Å². The predicted molar refractivity (Wildman–Crippen MR) is 73.5 cm³/mol. The molecular weight excluding hydrogens is 347 g/mol. The molecule has 0 unspecified atom stereocenters. The average Bonchev–Trinajstić information content (AvgIpc) is 2.89. The Bertz CT molecular complexity index is 705. The smallest absolute Gasteiger partial charge is 0.257 e. The zero-order chi connectivity index (χ0) is 15.6. The van der Waals surface area contributed by atoms with Gasteiger partial charge < -0.3 is 5.11 Å². The standard InChI is InChI=1S/C12H11Cl2F2NO3S/c13-7-1-8(14)10(18)9(2-7)21(19,20)17-5-6-3-12(17,4-6)11(15)16/h1-2,6,11,18H,3-5H2. The van der Waals surface area contributed by atoms with Crippen molar-refractivity contribution in [3.05, 3.63) is 22.2 Å². The van der Waals surface area contributed by atoms with Gasteiger partial charge in [-0.2, -0.15) is 4.31 Å². The molecule has 0 aromatic heterocycles. The third kappa shape index (κ3) is 2.05. The first-order chi connectivity index (χ1) is 9.68. The Labute approximate surface area is 130 Å². The molecule has 1 aromatic carbocycles. The summed E-state index contributed by atoms with van der Waals surface area (Å²) in [6.45, 7) is 0.0241. The highest BCUT2D eigenvalue weighted by Gasteiger charge is 2.65. The molecule has 1 N–H and O–H groups in total. The van der Waals surface area contributed by atoms with E-state index < -0.39 is 32.6 Å². The van der Waals surface area contributed by atoms with Crippen LogP contribution in [-0.2, 0) is 10.0 Å². The molecule has 0 amide bonds. The fraction of sp³-hybridized carbons (Fsp3) is 0.500. The monoisotopic (exact) mass is 357 g/mol. The number of hydrogen-bond donors (Lipinski definition) is 1. The Hall–Kier alpha value is -0.630. The fourth-order valence-corrected chi connectivity index (χ4v) is 5.77. The molecule has 1 saturated carbocycles. The second kappa shape index (κ2) is 4.68. The first kappa shape index (κ1) is 15.3. The number of sulfonamides is 1. The van der Waals surface area contributed by atoms with Crippen molar-refractivity contribution in [1.29, 1.82) is 0 Å². The van der Waals surface area contributed by atoms with E-state index in [-0.39, 0.29) is 35.3 Å². The molecule has 1 aliphatic carbocycles. The Balaban J connectivity index is 2.10. The van der Waals surface area contributed by atoms with Gasteiger partial charge in [0.15, 0.2) is 5.75 Å². The van der Waals surface area contributed by atoms with E-state index in [1.165, 1.54) is 6.07 Å². The molecule has 116 valence electrons. The van der Waals surface area contributed by atoms with Crippen LogP contribution in [0.15, 0.2) is 17.0 Å². The number of nitrogens with zero attached hydrogens (tertiary/aromatic N) is 1. The molecule has 2 aliphatic heterocycles. The number of phenols is 1. The molecule has 2 heterocycles. The molecule has 3 aliphatic rings. The van der Waals surface area contributed by atoms with Crippen molar-refractivity contribution in [3.8, 4) is 5.75 Å². The molecule has 4 nitrogen and oxygen atoms in total. The SMILES string of the molecule is O=S(=O)(c1cc(Cl)cc(Cl)c1O)N1CC2CC1(C(F)F)C2. The number of benzene rings is 1. The first-order valence-corrected chi connectivity index (χ1v) is 8.37. The van der Waals surface area contributed by atoms with Crippen molar-refractivity contribution in [3.63, 3.8) is 0 Å². The minimum absolute atomic E-state index is 0.00835. The lowest BCUT2D eigenvalue weighted by Gasteiger charge is -2.40. The Morgan fingerprint density at radius 3 is 2.52 bits per heavy atom. The molecule has 21 heavy (non-hydrogen) atoms. The van der Waals surface area contributed by atoms with E-state index in [1.54, 1.807) is 0 Å². The molecule has 1 aromatic rings. The number of halogens is 4. The highest BCUT2D eigenvalue weighted by Crippen LogP contribution is 2.56. The van der Waals surface area contributed by atoms with Crippen LogP contribution in [0.1, 0.15) is 12.8 Å². The van der Waals surface area contributed by atoms with E-state index >= 15 is 0 Å². The topological polar surface area (TPSA) is 57.6 Å². The summed E-state index contributed by atoms with van der Waals surface area (Å²) in [6.07, 6.45) is -2.50. The van der Waals surface area contributed by atoms with Gasteiger partial charge in [-0.1, -0.05) is 23.2 Å². The summed E-state index contributed by atoms with van der Waals surface area (Å²) in [6, 6.07) is 2.21. The second-order valence-corrected chi connectivity index (χ2v) is 8.12. The maximum absolute atomic E-state index is 13.3. The zero-order valence-electron chi connectivity index (χ0n) is 10.6. The van der Waals surface area contributed by atoms with Gasteiger partial charge in [0, 0.05) is 11.6 Å². The fourth-order valence-electron chi connectivity index (χ4n) is 3.17. The largest absolute Gasteiger partial charge is 0.505 e. The van der Waals surface area contributed by atoms with E-state index in [4.69, 9.17) is 23.2 Å². The van der Waals surface area contributed by atoms with Crippen molar-refractivity contribution in [1.82, 2.24) is 4.31 Å². The van der Waals surface area contributed by atoms with Crippen LogP contribution in [0.4, 0.5) is 8.78 Å². The minimum atomic E-state index is -4.29. The van der Waals surface area contributed by atoms with Crippen molar-refractivity contribution in [2.75, 3.05) is 6.54 Å². The first-order valence-electron chi connectivity index (χ1n) is 6.17. The van der Waals surface area contributed by atoms with Gasteiger partial charge in [-0.25, -0.2) is 17.2 Å². The van der Waals surface area contributed by atoms with Gasteiger partial charge in [-0.15, -0.1) is 0 Å². The Morgan fingerprint density at radius 1 is 1.33 bits per heavy atom. The molecule has 4 rings (SSSR count). The summed E-state index contributed by atoms with van der Waals surface area (Å²) in [5, 5.41) is 9.63. The lowest BCUT2D eigenvalue weighted by molar-refractivity contribution is -0.0282. The summed E-state index contributed by atoms with van der Waals surface area (Å²) in [7, 11) is -4.29. The third-order valence-electron chi connectivity index (χ3n) is 4.17. The lowest BCUT2D eigenvalue weighted by Crippen LogP contribution is -2.53. The molecular formula is C12H11Cl2F2NO3S. The van der Waals surface area contributed by atoms with Crippen LogP contribution in [0.5, 0.6) is 5.75 Å². The van der Waals surface area contributed by atoms with Crippen molar-refractivity contribution in [2.24, 2.45) is 5.92 Å². The number of phenolic OH excluding ortho intramolecular Hbond substituents is 1. The summed E-state index contributed by atoms with van der Waals surface area (Å²) in [4.78, 5) is -0.535. The van der Waals surface area contributed by atoms with Crippen molar-refractivity contribution in [2.45, 2.75) is 29.7 Å². The van der Waals surface area contributed by atoms with E-state index in [9.17, 15) is 22.3 Å². The van der Waals surface area contributed by atoms with Crippen LogP contribution in [0.25, 0.3) is 0 Å². The normalized spacial score (nSPS) is 28.9. The van der Waals surface area contributed by atoms with Crippen LogP contribution in [0, 0.1) is 5.92 Å². The molecule has 0 radical (unpaired) electrons. The van der Waals surface area contributed by atoms with Gasteiger partial charge in [-0.05, 0) is 30.9 Å². The van der Waals surface area contributed by atoms with Gasteiger partial charge in [0.25, 0.3) is 6.43 Å². The molecule has 9 heteroatoms. The lowest BCUT2D eigenvalue weighted by atomic mass is 9.74. The summed E-state index contributed by atoms with van der Waals surface area (Å²) < 4.78 is 52.6. The maximum Gasteiger partial charge on any atom is 0.257 e. The summed E-state index contributed by atoms with van der Waals surface area (Å²) in [5.74, 6) is -0.736. The number of alkyl halides is 2. The summed E-state index contributed by atoms with van der Waals surface area (Å²) in [5.41, 5.74) is -1.66. The quantitative estimate of drug-likeness (QED) is 0.903. The van der Waals surface area contributed by atoms with Gasteiger partial charge in [-0.3, -0.25) is 0 Å². The van der Waals surface area contributed by atoms with E-state index in [1.807, 2.05) is 0 Å². The predicted octanol–water partition coefficient (Wildman–Crippen LogP) is 3.12. The third-order valence-corrected chi connectivity index (χ3v) is 6.64. The van der Waals surface area contributed by atoms with E-state index in [2.05, 4.69) is 0 Å². The van der Waals surface area contributed by atoms with Crippen LogP contribution in [0.3, 0.4) is 0 Å². The number of aromatic hydroxyl groups is 1. The molecule has 0 atom stereocenters. The highest BCUT2D eigenvalue weighted by molar-refractivity contribution is 7.89. The second-order valence-electron chi connectivity index (χ2n) is 5.45. The summed E-state index contributed by atoms with van der Waals surface area (Å²) >= 11 is 11.5. The van der Waals surface area contributed by atoms with Gasteiger partial charge in [0.05, 0.1) is 10.6 Å². The Kier molecular flexibility index (Phi) is 3.40. The van der Waals surface area contributed by atoms with Crippen LogP contribution in [0.2, 0.25) is 10.0 Å². The van der Waals surface area contributed by atoms with Crippen LogP contribution in [-0.4, -0.2) is 36.3 Å². The van der Waals surface area contributed by atoms with Gasteiger partial charge in [0.2, 0.25) is 10.0 Å². The van der Waals surface area contributed by atoms with Gasteiger partial charge in [0.1, 0.15) is 4.90 Å². The molecule has 2 saturated heterocycles. The van der Waals surface area contributed by atoms with Gasteiger partial charge >= 0.3 is 0 Å². The van der Waals surface area contributed by atoms with Crippen LogP contribution >= 0.6 is 23.2 Å². The highest BCUT2D eigenvalue weighted by atomic mass is 35.5. The van der Waals surface area contributed by atoms with Crippen LogP contribution < -0.4 is 0 Å². The molecule has 2 bridgehead atoms. The number of hydrogen-bond acceptors (Lipinski definition) is 3. The zero-order valence-corrected chi connectivity index (χ0v) is 12.9. The molecule has 0 spiro atoms. The Morgan fingerprint density at radius 2 is 1.95 bits per heavy atom. The van der Waals surface area contributed by atoms with E-state index in [0.717, 1.165) is 10.4 Å². The number of fused-ring (bicyclic) bond motifs is 1.